The zero-order valence-electron chi connectivity index (χ0n) is 17.5. The highest BCUT2D eigenvalue weighted by Gasteiger charge is 2.27. The van der Waals surface area contributed by atoms with Crippen LogP contribution in [0.15, 0.2) is 41.7 Å². The van der Waals surface area contributed by atoms with Gasteiger partial charge < -0.3 is 20.4 Å². The summed E-state index contributed by atoms with van der Waals surface area (Å²) in [4.78, 5) is 31.5. The van der Waals surface area contributed by atoms with Crippen LogP contribution in [0.3, 0.4) is 0 Å². The number of nitrogens with zero attached hydrogens (tertiary/aromatic N) is 6. The molecule has 2 heterocycles. The Balaban J connectivity index is 0.00000341. The monoisotopic (exact) mass is 542 g/mol. The minimum absolute atomic E-state index is 0. The first-order valence-corrected chi connectivity index (χ1v) is 9.79. The van der Waals surface area contributed by atoms with E-state index in [0.717, 1.165) is 5.69 Å². The number of nitro benzene ring substituents is 1. The van der Waals surface area contributed by atoms with Crippen molar-refractivity contribution in [1.82, 2.24) is 20.0 Å². The Morgan fingerprint density at radius 1 is 1.32 bits per heavy atom. The molecule has 11 nitrogen and oxygen atoms in total. The van der Waals surface area contributed by atoms with Crippen molar-refractivity contribution < 1.29 is 9.72 Å². The molecule has 1 fully saturated rings. The Bertz CT molecular complexity index is 932. The standard InChI is InChI=1S/C19H26N8O3.HI/c1-3-20-19(22-9-8-21-16-6-4-5-7-17(16)27(29)30)25-10-11-26(18(28)14-25)15-12-23-24(2)13-15;/h4-7,12-13,21H,3,8-11,14H2,1-2H3,(H,20,22);1H. The van der Waals surface area contributed by atoms with Crippen molar-refractivity contribution in [2.75, 3.05) is 49.5 Å². The van der Waals surface area contributed by atoms with Crippen LogP contribution in [0.4, 0.5) is 17.1 Å². The third-order valence-corrected chi connectivity index (χ3v) is 4.65. The van der Waals surface area contributed by atoms with Crippen LogP contribution in [0.25, 0.3) is 0 Å². The highest BCUT2D eigenvalue weighted by molar-refractivity contribution is 14.0. The number of anilines is 2. The lowest BCUT2D eigenvalue weighted by Crippen LogP contribution is -2.55. The van der Waals surface area contributed by atoms with Crippen LogP contribution in [0.5, 0.6) is 0 Å². The summed E-state index contributed by atoms with van der Waals surface area (Å²) in [5, 5.41) is 21.5. The molecule has 1 aromatic heterocycles. The van der Waals surface area contributed by atoms with E-state index in [-0.39, 0.29) is 42.1 Å². The van der Waals surface area contributed by atoms with Crippen LogP contribution in [0.2, 0.25) is 0 Å². The van der Waals surface area contributed by atoms with Crippen molar-refractivity contribution in [2.45, 2.75) is 6.92 Å². The topological polar surface area (TPSA) is 121 Å². The summed E-state index contributed by atoms with van der Waals surface area (Å²) >= 11 is 0. The third kappa shape index (κ3) is 6.29. The van der Waals surface area contributed by atoms with Gasteiger partial charge in [-0.2, -0.15) is 5.10 Å². The van der Waals surface area contributed by atoms with Gasteiger partial charge in [0.25, 0.3) is 5.69 Å². The number of nitro groups is 1. The lowest BCUT2D eigenvalue weighted by Gasteiger charge is -2.35. The molecule has 1 aliphatic heterocycles. The second-order valence-corrected chi connectivity index (χ2v) is 6.78. The Morgan fingerprint density at radius 3 is 2.74 bits per heavy atom. The van der Waals surface area contributed by atoms with Crippen molar-refractivity contribution >= 4 is 52.9 Å². The lowest BCUT2D eigenvalue weighted by molar-refractivity contribution is -0.384. The van der Waals surface area contributed by atoms with Gasteiger partial charge in [-0.05, 0) is 13.0 Å². The molecule has 0 radical (unpaired) electrons. The molecule has 0 atom stereocenters. The minimum atomic E-state index is -0.414. The van der Waals surface area contributed by atoms with E-state index in [0.29, 0.717) is 44.4 Å². The summed E-state index contributed by atoms with van der Waals surface area (Å²) in [6, 6.07) is 6.51. The van der Waals surface area contributed by atoms with E-state index >= 15 is 0 Å². The van der Waals surface area contributed by atoms with Gasteiger partial charge in [0.1, 0.15) is 12.2 Å². The van der Waals surface area contributed by atoms with Gasteiger partial charge in [0.05, 0.1) is 23.4 Å². The molecule has 0 bridgehead atoms. The van der Waals surface area contributed by atoms with Gasteiger partial charge in [-0.3, -0.25) is 24.6 Å². The summed E-state index contributed by atoms with van der Waals surface area (Å²) in [7, 11) is 1.82. The van der Waals surface area contributed by atoms with E-state index < -0.39 is 4.92 Å². The number of amides is 1. The van der Waals surface area contributed by atoms with Crippen LogP contribution in [0.1, 0.15) is 6.92 Å². The second kappa shape index (κ2) is 11.5. The summed E-state index contributed by atoms with van der Waals surface area (Å²) in [6.45, 7) is 4.89. The molecule has 0 saturated carbocycles. The molecule has 168 valence electrons. The first-order chi connectivity index (χ1) is 14.5. The number of piperazine rings is 1. The molecule has 2 aromatic rings. The van der Waals surface area contributed by atoms with E-state index in [1.54, 1.807) is 34.0 Å². The van der Waals surface area contributed by atoms with E-state index in [2.05, 4.69) is 20.7 Å². The predicted octanol–water partition coefficient (Wildman–Crippen LogP) is 1.67. The second-order valence-electron chi connectivity index (χ2n) is 6.78. The van der Waals surface area contributed by atoms with Crippen LogP contribution in [-0.4, -0.2) is 70.7 Å². The summed E-state index contributed by atoms with van der Waals surface area (Å²) < 4.78 is 1.67. The quantitative estimate of drug-likeness (QED) is 0.136. The molecule has 12 heteroatoms. The van der Waals surface area contributed by atoms with Gasteiger partial charge in [-0.1, -0.05) is 12.1 Å². The number of aryl methyl sites for hydroxylation is 1. The van der Waals surface area contributed by atoms with Crippen LogP contribution in [0, 0.1) is 10.1 Å². The highest BCUT2D eigenvalue weighted by atomic mass is 127. The third-order valence-electron chi connectivity index (χ3n) is 4.65. The van der Waals surface area contributed by atoms with Crippen molar-refractivity contribution in [3.05, 3.63) is 46.8 Å². The van der Waals surface area contributed by atoms with Gasteiger partial charge in [-0.25, -0.2) is 0 Å². The molecular weight excluding hydrogens is 515 g/mol. The summed E-state index contributed by atoms with van der Waals surface area (Å²) in [5.74, 6) is 0.638. The fourth-order valence-corrected chi connectivity index (χ4v) is 3.24. The fraction of sp³-hybridized carbons (Fsp3) is 0.421. The maximum absolute atomic E-state index is 12.6. The molecule has 3 rings (SSSR count). The smallest absolute Gasteiger partial charge is 0.292 e. The van der Waals surface area contributed by atoms with Crippen molar-refractivity contribution in [3.63, 3.8) is 0 Å². The number of aromatic nitrogens is 2. The number of halogens is 1. The number of rotatable bonds is 7. The number of guanidine groups is 1. The van der Waals surface area contributed by atoms with Crippen LogP contribution < -0.4 is 15.5 Å². The molecule has 31 heavy (non-hydrogen) atoms. The largest absolute Gasteiger partial charge is 0.378 e. The van der Waals surface area contributed by atoms with Crippen LogP contribution in [-0.2, 0) is 11.8 Å². The van der Waals surface area contributed by atoms with Gasteiger partial charge in [0, 0.05) is 45.5 Å². The minimum Gasteiger partial charge on any atom is -0.378 e. The van der Waals surface area contributed by atoms with Crippen LogP contribution >= 0.6 is 24.0 Å². The fourth-order valence-electron chi connectivity index (χ4n) is 3.24. The van der Waals surface area contributed by atoms with Gasteiger partial charge in [0.2, 0.25) is 5.91 Å². The van der Waals surface area contributed by atoms with Gasteiger partial charge in [-0.15, -0.1) is 24.0 Å². The molecule has 0 unspecified atom stereocenters. The summed E-state index contributed by atoms with van der Waals surface area (Å²) in [5.41, 5.74) is 1.28. The Hall–Kier alpha value is -2.90. The summed E-state index contributed by atoms with van der Waals surface area (Å²) in [6.07, 6.45) is 3.50. The number of nitrogens with one attached hydrogen (secondary N) is 2. The Kier molecular flexibility index (Phi) is 9.03. The maximum atomic E-state index is 12.6. The number of aliphatic imine (C=N–C) groups is 1. The zero-order chi connectivity index (χ0) is 21.5. The zero-order valence-corrected chi connectivity index (χ0v) is 19.9. The first-order valence-electron chi connectivity index (χ1n) is 9.79. The van der Waals surface area contributed by atoms with Gasteiger partial charge >= 0.3 is 0 Å². The number of hydrogen-bond donors (Lipinski definition) is 2. The number of carbonyl (C=O) groups is 1. The molecule has 0 aliphatic carbocycles. The average molecular weight is 542 g/mol. The number of benzene rings is 1. The Labute approximate surface area is 197 Å². The van der Waals surface area contributed by atoms with Crippen molar-refractivity contribution in [1.29, 1.82) is 0 Å². The molecular formula is C19H27IN8O3. The molecule has 0 spiro atoms. The molecule has 1 aromatic carbocycles. The maximum Gasteiger partial charge on any atom is 0.292 e. The highest BCUT2D eigenvalue weighted by Crippen LogP contribution is 2.22. The molecule has 1 saturated heterocycles. The van der Waals surface area contributed by atoms with Gasteiger partial charge in [0.15, 0.2) is 5.96 Å². The average Bonchev–Trinajstić information content (AvgIpc) is 3.16. The molecule has 2 N–H and O–H groups in total. The normalized spacial score (nSPS) is 14.3. The lowest BCUT2D eigenvalue weighted by atomic mass is 10.2. The van der Waals surface area contributed by atoms with Crippen molar-refractivity contribution in [3.8, 4) is 0 Å². The number of carbonyl (C=O) groups excluding carboxylic acids is 1. The molecule has 1 aliphatic rings. The predicted molar refractivity (Wildman–Crippen MR) is 130 cm³/mol. The molecule has 1 amide bonds. The van der Waals surface area contributed by atoms with E-state index in [1.807, 2.05) is 25.1 Å². The Morgan fingerprint density at radius 2 is 2.10 bits per heavy atom. The van der Waals surface area contributed by atoms with E-state index in [9.17, 15) is 14.9 Å². The van der Waals surface area contributed by atoms with E-state index in [4.69, 9.17) is 0 Å². The van der Waals surface area contributed by atoms with E-state index in [1.165, 1.54) is 6.07 Å². The number of hydrogen-bond acceptors (Lipinski definition) is 6. The van der Waals surface area contributed by atoms with Crippen molar-refractivity contribution in [2.24, 2.45) is 12.0 Å². The SMILES string of the molecule is CCNC(=NCCNc1ccccc1[N+](=O)[O-])N1CCN(c2cnn(C)c2)C(=O)C1.I. The number of para-hydroxylation sites is 2. The first kappa shape index (κ1) is 24.4.